The quantitative estimate of drug-likeness (QED) is 0.624. The number of hydrogen-bond donors (Lipinski definition) is 2. The number of halogens is 1. The Morgan fingerprint density at radius 3 is 2.52 bits per heavy atom. The van der Waals surface area contributed by atoms with Crippen molar-refractivity contribution >= 4 is 35.0 Å². The van der Waals surface area contributed by atoms with E-state index in [0.717, 1.165) is 5.56 Å². The first-order chi connectivity index (χ1) is 12.0. The average molecular weight is 360 g/mol. The van der Waals surface area contributed by atoms with Gasteiger partial charge in [-0.25, -0.2) is 10.2 Å². The molecular weight excluding hydrogens is 342 g/mol. The smallest absolute Gasteiger partial charge is 0.427 e. The highest BCUT2D eigenvalue weighted by Gasteiger charge is 2.07. The zero-order chi connectivity index (χ0) is 18.2. The highest BCUT2D eigenvalue weighted by Crippen LogP contribution is 2.15. The average Bonchev–Trinajstić information content (AvgIpc) is 2.60. The van der Waals surface area contributed by atoms with E-state index in [-0.39, 0.29) is 12.5 Å². The van der Waals surface area contributed by atoms with E-state index in [0.29, 0.717) is 22.0 Å². The Kier molecular flexibility index (Phi) is 6.54. The van der Waals surface area contributed by atoms with Crippen molar-refractivity contribution in [2.45, 2.75) is 13.8 Å². The molecule has 2 amide bonds. The second-order valence-corrected chi connectivity index (χ2v) is 5.51. The summed E-state index contributed by atoms with van der Waals surface area (Å²) in [6.45, 7) is 3.72. The molecule has 2 rings (SSSR count). The van der Waals surface area contributed by atoms with Gasteiger partial charge in [0.25, 0.3) is 5.91 Å². The van der Waals surface area contributed by atoms with Crippen LogP contribution < -0.4 is 10.7 Å². The topological polar surface area (TPSA) is 79.8 Å². The molecule has 0 spiro atoms. The number of nitrogens with one attached hydrogen (secondary N) is 2. The maximum atomic E-state index is 12.2. The third kappa shape index (κ3) is 5.61. The van der Waals surface area contributed by atoms with Crippen LogP contribution in [-0.2, 0) is 4.74 Å². The first kappa shape index (κ1) is 18.5. The number of anilines is 1. The first-order valence-electron chi connectivity index (χ1n) is 7.64. The van der Waals surface area contributed by atoms with E-state index >= 15 is 0 Å². The van der Waals surface area contributed by atoms with Gasteiger partial charge in [0.1, 0.15) is 0 Å². The van der Waals surface area contributed by atoms with Crippen LogP contribution in [0, 0.1) is 0 Å². The standard InChI is InChI=1S/C18H18ClN3O3/c1-3-25-18(24)22-21-12(2)14-5-4-6-16(11-14)20-17(23)13-7-9-15(19)10-8-13/h4-11H,3H2,1-2H3,(H,20,23)(H,22,24). The lowest BCUT2D eigenvalue weighted by Crippen LogP contribution is -2.20. The number of benzene rings is 2. The van der Waals surface area contributed by atoms with E-state index in [1.807, 2.05) is 6.07 Å². The van der Waals surface area contributed by atoms with Crippen molar-refractivity contribution in [1.82, 2.24) is 5.43 Å². The summed E-state index contributed by atoms with van der Waals surface area (Å²) in [5.41, 5.74) is 4.75. The Bertz CT molecular complexity index is 788. The highest BCUT2D eigenvalue weighted by atomic mass is 35.5. The Hall–Kier alpha value is -2.86. The zero-order valence-electron chi connectivity index (χ0n) is 13.9. The van der Waals surface area contributed by atoms with Crippen molar-refractivity contribution in [1.29, 1.82) is 0 Å². The van der Waals surface area contributed by atoms with Gasteiger partial charge in [-0.05, 0) is 55.8 Å². The van der Waals surface area contributed by atoms with E-state index in [4.69, 9.17) is 16.3 Å². The molecule has 6 nitrogen and oxygen atoms in total. The van der Waals surface area contributed by atoms with Crippen molar-refractivity contribution in [3.8, 4) is 0 Å². The second kappa shape index (κ2) is 8.84. The van der Waals surface area contributed by atoms with Gasteiger partial charge >= 0.3 is 6.09 Å². The summed E-state index contributed by atoms with van der Waals surface area (Å²) < 4.78 is 4.74. The number of hydrogen-bond acceptors (Lipinski definition) is 4. The predicted molar refractivity (Wildman–Crippen MR) is 98.2 cm³/mol. The van der Waals surface area contributed by atoms with Crippen molar-refractivity contribution in [3.63, 3.8) is 0 Å². The maximum absolute atomic E-state index is 12.2. The SMILES string of the molecule is CCOC(=O)NN=C(C)c1cccc(NC(=O)c2ccc(Cl)cc2)c1. The van der Waals surface area contributed by atoms with Crippen LogP contribution in [-0.4, -0.2) is 24.3 Å². The first-order valence-corrected chi connectivity index (χ1v) is 8.02. The lowest BCUT2D eigenvalue weighted by molar-refractivity contribution is 0.102. The van der Waals surface area contributed by atoms with E-state index in [9.17, 15) is 9.59 Å². The fourth-order valence-electron chi connectivity index (χ4n) is 1.98. The van der Waals surface area contributed by atoms with Crippen LogP contribution in [0.2, 0.25) is 5.02 Å². The molecule has 0 aromatic heterocycles. The molecule has 2 N–H and O–H groups in total. The molecule has 0 radical (unpaired) electrons. The Morgan fingerprint density at radius 1 is 1.12 bits per heavy atom. The van der Waals surface area contributed by atoms with Crippen LogP contribution in [0.5, 0.6) is 0 Å². The highest BCUT2D eigenvalue weighted by molar-refractivity contribution is 6.30. The summed E-state index contributed by atoms with van der Waals surface area (Å²) in [6.07, 6.45) is -0.617. The number of ether oxygens (including phenoxy) is 1. The second-order valence-electron chi connectivity index (χ2n) is 5.07. The van der Waals surface area contributed by atoms with Crippen molar-refractivity contribution < 1.29 is 14.3 Å². The molecule has 0 aliphatic rings. The van der Waals surface area contributed by atoms with Gasteiger partial charge in [-0.1, -0.05) is 23.7 Å². The Morgan fingerprint density at radius 2 is 1.84 bits per heavy atom. The predicted octanol–water partition coefficient (Wildman–Crippen LogP) is 4.06. The largest absolute Gasteiger partial charge is 0.449 e. The van der Waals surface area contributed by atoms with Gasteiger partial charge in [0.2, 0.25) is 0 Å². The third-order valence-electron chi connectivity index (χ3n) is 3.23. The lowest BCUT2D eigenvalue weighted by Gasteiger charge is -2.08. The molecule has 0 bridgehead atoms. The number of amides is 2. The fraction of sp³-hybridized carbons (Fsp3) is 0.167. The van der Waals surface area contributed by atoms with E-state index in [1.54, 1.807) is 56.3 Å². The lowest BCUT2D eigenvalue weighted by atomic mass is 10.1. The minimum Gasteiger partial charge on any atom is -0.449 e. The number of rotatable bonds is 5. The molecule has 130 valence electrons. The molecule has 25 heavy (non-hydrogen) atoms. The normalized spacial score (nSPS) is 10.9. The van der Waals surface area contributed by atoms with Gasteiger partial charge in [-0.15, -0.1) is 0 Å². The molecule has 0 heterocycles. The number of carbonyl (C=O) groups is 2. The Labute approximate surface area is 150 Å². The maximum Gasteiger partial charge on any atom is 0.427 e. The van der Waals surface area contributed by atoms with Crippen LogP contribution in [0.15, 0.2) is 53.6 Å². The van der Waals surface area contributed by atoms with Gasteiger partial charge in [-0.3, -0.25) is 4.79 Å². The fourth-order valence-corrected chi connectivity index (χ4v) is 2.11. The molecule has 0 unspecified atom stereocenters. The van der Waals surface area contributed by atoms with Crippen LogP contribution in [0.4, 0.5) is 10.5 Å². The molecule has 0 saturated carbocycles. The summed E-state index contributed by atoms with van der Waals surface area (Å²) >= 11 is 5.82. The van der Waals surface area contributed by atoms with Crippen LogP contribution in [0.3, 0.4) is 0 Å². The summed E-state index contributed by atoms with van der Waals surface area (Å²) in [5, 5.41) is 7.34. The third-order valence-corrected chi connectivity index (χ3v) is 3.49. The van der Waals surface area contributed by atoms with Gasteiger partial charge in [0.05, 0.1) is 12.3 Å². The van der Waals surface area contributed by atoms with E-state index in [1.165, 1.54) is 0 Å². The minimum atomic E-state index is -0.617. The van der Waals surface area contributed by atoms with E-state index < -0.39 is 6.09 Å². The zero-order valence-corrected chi connectivity index (χ0v) is 14.6. The summed E-state index contributed by atoms with van der Waals surface area (Å²) in [5.74, 6) is -0.243. The number of nitrogens with zero attached hydrogens (tertiary/aromatic N) is 1. The summed E-state index contributed by atoms with van der Waals surface area (Å²) in [4.78, 5) is 23.5. The van der Waals surface area contributed by atoms with Crippen molar-refractivity contribution in [2.24, 2.45) is 5.10 Å². The van der Waals surface area contributed by atoms with Crippen molar-refractivity contribution in [3.05, 3.63) is 64.7 Å². The van der Waals surface area contributed by atoms with Crippen LogP contribution in [0.1, 0.15) is 29.8 Å². The van der Waals surface area contributed by atoms with Gasteiger partial charge < -0.3 is 10.1 Å². The number of hydrazone groups is 1. The molecule has 2 aromatic carbocycles. The minimum absolute atomic E-state index is 0.243. The monoisotopic (exact) mass is 359 g/mol. The van der Waals surface area contributed by atoms with Gasteiger partial charge in [0.15, 0.2) is 0 Å². The molecule has 0 saturated heterocycles. The van der Waals surface area contributed by atoms with Crippen molar-refractivity contribution in [2.75, 3.05) is 11.9 Å². The molecule has 0 aliphatic carbocycles. The molecule has 0 atom stereocenters. The summed E-state index contributed by atoms with van der Waals surface area (Å²) in [7, 11) is 0. The number of carbonyl (C=O) groups excluding carboxylic acids is 2. The summed E-state index contributed by atoms with van der Waals surface area (Å²) in [6, 6.07) is 13.8. The molecule has 0 fully saturated rings. The van der Waals surface area contributed by atoms with Gasteiger partial charge in [-0.2, -0.15) is 5.10 Å². The van der Waals surface area contributed by atoms with Gasteiger partial charge in [0, 0.05) is 16.3 Å². The molecular formula is C18H18ClN3O3. The van der Waals surface area contributed by atoms with Crippen LogP contribution >= 0.6 is 11.6 Å². The van der Waals surface area contributed by atoms with E-state index in [2.05, 4.69) is 15.8 Å². The molecule has 7 heteroatoms. The molecule has 0 aliphatic heterocycles. The molecule has 2 aromatic rings. The Balaban J connectivity index is 2.07. The van der Waals surface area contributed by atoms with Crippen LogP contribution in [0.25, 0.3) is 0 Å².